The molecule has 3 rings (SSSR count). The summed E-state index contributed by atoms with van der Waals surface area (Å²) < 4.78 is 0. The molecule has 2 amide bonds. The van der Waals surface area contributed by atoms with E-state index in [0.29, 0.717) is 21.8 Å². The molecule has 2 aromatic carbocycles. The minimum atomic E-state index is -0.355. The SMILES string of the molecule is O=C(NC1CC1)c1cccc(NC(=O)c2ccc(Cl)cc2Cl)c1. The lowest BCUT2D eigenvalue weighted by Crippen LogP contribution is -2.25. The molecule has 1 saturated carbocycles. The summed E-state index contributed by atoms with van der Waals surface area (Å²) in [6.07, 6.45) is 2.05. The minimum Gasteiger partial charge on any atom is -0.349 e. The molecule has 0 radical (unpaired) electrons. The van der Waals surface area contributed by atoms with Crippen molar-refractivity contribution in [1.29, 1.82) is 0 Å². The minimum absolute atomic E-state index is 0.131. The molecule has 0 heterocycles. The number of anilines is 1. The van der Waals surface area contributed by atoms with Crippen LogP contribution in [-0.4, -0.2) is 17.9 Å². The van der Waals surface area contributed by atoms with E-state index in [-0.39, 0.29) is 22.9 Å². The number of nitrogens with one attached hydrogen (secondary N) is 2. The van der Waals surface area contributed by atoms with Crippen LogP contribution in [0.4, 0.5) is 5.69 Å². The number of hydrogen-bond donors (Lipinski definition) is 2. The molecule has 0 saturated heterocycles. The fourth-order valence-corrected chi connectivity index (χ4v) is 2.60. The standard InChI is InChI=1S/C17H14Cl2N2O2/c18-11-4-7-14(15(19)9-11)17(23)21-13-3-1-2-10(8-13)16(22)20-12-5-6-12/h1-4,7-9,12H,5-6H2,(H,20,22)(H,21,23). The summed E-state index contributed by atoms with van der Waals surface area (Å²) in [5.41, 5.74) is 1.37. The van der Waals surface area contributed by atoms with Gasteiger partial charge in [-0.05, 0) is 49.2 Å². The fraction of sp³-hybridized carbons (Fsp3) is 0.176. The first-order valence-corrected chi connectivity index (χ1v) is 7.96. The first kappa shape index (κ1) is 15.8. The first-order valence-electron chi connectivity index (χ1n) is 7.20. The highest BCUT2D eigenvalue weighted by atomic mass is 35.5. The van der Waals surface area contributed by atoms with Gasteiger partial charge in [-0.2, -0.15) is 0 Å². The third kappa shape index (κ3) is 4.03. The summed E-state index contributed by atoms with van der Waals surface area (Å²) in [6, 6.07) is 11.7. The molecule has 1 fully saturated rings. The smallest absolute Gasteiger partial charge is 0.257 e. The summed E-state index contributed by atoms with van der Waals surface area (Å²) >= 11 is 11.9. The van der Waals surface area contributed by atoms with E-state index in [0.717, 1.165) is 12.8 Å². The molecule has 23 heavy (non-hydrogen) atoms. The van der Waals surface area contributed by atoms with Crippen LogP contribution < -0.4 is 10.6 Å². The molecule has 0 atom stereocenters. The van der Waals surface area contributed by atoms with Crippen LogP contribution in [0, 0.1) is 0 Å². The molecule has 2 N–H and O–H groups in total. The Morgan fingerprint density at radius 2 is 1.78 bits per heavy atom. The Kier molecular flexibility index (Phi) is 4.55. The Bertz CT molecular complexity index is 773. The quantitative estimate of drug-likeness (QED) is 0.872. The highest BCUT2D eigenvalue weighted by molar-refractivity contribution is 6.37. The Morgan fingerprint density at radius 1 is 1.00 bits per heavy atom. The number of benzene rings is 2. The van der Waals surface area contributed by atoms with Crippen molar-refractivity contribution in [2.45, 2.75) is 18.9 Å². The molecule has 4 nitrogen and oxygen atoms in total. The molecular weight excluding hydrogens is 335 g/mol. The number of carbonyl (C=O) groups is 2. The van der Waals surface area contributed by atoms with Crippen molar-refractivity contribution in [2.75, 3.05) is 5.32 Å². The second-order valence-corrected chi connectivity index (χ2v) is 6.25. The lowest BCUT2D eigenvalue weighted by atomic mass is 10.1. The number of hydrogen-bond acceptors (Lipinski definition) is 2. The zero-order valence-electron chi connectivity index (χ0n) is 12.1. The van der Waals surface area contributed by atoms with Crippen molar-refractivity contribution in [3.63, 3.8) is 0 Å². The second-order valence-electron chi connectivity index (χ2n) is 5.41. The molecule has 0 bridgehead atoms. The van der Waals surface area contributed by atoms with Crippen LogP contribution >= 0.6 is 23.2 Å². The molecule has 0 spiro atoms. The van der Waals surface area contributed by atoms with E-state index in [1.165, 1.54) is 6.07 Å². The summed E-state index contributed by atoms with van der Waals surface area (Å²) in [5, 5.41) is 6.39. The average molecular weight is 349 g/mol. The van der Waals surface area contributed by atoms with Crippen LogP contribution in [0.3, 0.4) is 0 Å². The van der Waals surface area contributed by atoms with E-state index in [4.69, 9.17) is 23.2 Å². The van der Waals surface area contributed by atoms with Crippen LogP contribution in [-0.2, 0) is 0 Å². The molecule has 0 aliphatic heterocycles. The maximum absolute atomic E-state index is 12.3. The summed E-state index contributed by atoms with van der Waals surface area (Å²) in [5.74, 6) is -0.487. The number of amides is 2. The van der Waals surface area contributed by atoms with Crippen molar-refractivity contribution in [2.24, 2.45) is 0 Å². The van der Waals surface area contributed by atoms with E-state index >= 15 is 0 Å². The van der Waals surface area contributed by atoms with Gasteiger partial charge in [-0.25, -0.2) is 0 Å². The predicted molar refractivity (Wildman–Crippen MR) is 91.3 cm³/mol. The number of carbonyl (C=O) groups excluding carboxylic acids is 2. The van der Waals surface area contributed by atoms with Gasteiger partial charge in [0.2, 0.25) is 0 Å². The zero-order valence-corrected chi connectivity index (χ0v) is 13.6. The number of halogens is 2. The third-order valence-electron chi connectivity index (χ3n) is 3.47. The Hall–Kier alpha value is -2.04. The van der Waals surface area contributed by atoms with Crippen LogP contribution in [0.2, 0.25) is 10.0 Å². The van der Waals surface area contributed by atoms with Crippen LogP contribution in [0.1, 0.15) is 33.6 Å². The van der Waals surface area contributed by atoms with Crippen LogP contribution in [0.5, 0.6) is 0 Å². The van der Waals surface area contributed by atoms with Gasteiger partial charge in [0.05, 0.1) is 10.6 Å². The molecular formula is C17H14Cl2N2O2. The van der Waals surface area contributed by atoms with Crippen LogP contribution in [0.15, 0.2) is 42.5 Å². The van der Waals surface area contributed by atoms with Crippen molar-refractivity contribution in [3.8, 4) is 0 Å². The van der Waals surface area contributed by atoms with Gasteiger partial charge in [0.15, 0.2) is 0 Å². The second kappa shape index (κ2) is 6.60. The summed E-state index contributed by atoms with van der Waals surface area (Å²) in [6.45, 7) is 0. The monoisotopic (exact) mass is 348 g/mol. The molecule has 118 valence electrons. The van der Waals surface area contributed by atoms with E-state index < -0.39 is 0 Å². The van der Waals surface area contributed by atoms with Gasteiger partial charge in [0.25, 0.3) is 11.8 Å². The van der Waals surface area contributed by atoms with Gasteiger partial charge in [0.1, 0.15) is 0 Å². The fourth-order valence-electron chi connectivity index (χ4n) is 2.11. The maximum Gasteiger partial charge on any atom is 0.257 e. The van der Waals surface area contributed by atoms with Gasteiger partial charge >= 0.3 is 0 Å². The zero-order chi connectivity index (χ0) is 16.4. The highest BCUT2D eigenvalue weighted by Crippen LogP contribution is 2.23. The summed E-state index contributed by atoms with van der Waals surface area (Å²) in [4.78, 5) is 24.3. The lowest BCUT2D eigenvalue weighted by molar-refractivity contribution is 0.0949. The van der Waals surface area contributed by atoms with Crippen LogP contribution in [0.25, 0.3) is 0 Å². The van der Waals surface area contributed by atoms with Crippen molar-refractivity contribution >= 4 is 40.7 Å². The molecule has 0 unspecified atom stereocenters. The van der Waals surface area contributed by atoms with Gasteiger partial charge in [-0.1, -0.05) is 29.3 Å². The van der Waals surface area contributed by atoms with Crippen molar-refractivity contribution < 1.29 is 9.59 Å². The maximum atomic E-state index is 12.3. The van der Waals surface area contributed by atoms with E-state index in [9.17, 15) is 9.59 Å². The van der Waals surface area contributed by atoms with Gasteiger partial charge < -0.3 is 10.6 Å². The van der Waals surface area contributed by atoms with Crippen molar-refractivity contribution in [3.05, 3.63) is 63.6 Å². The molecule has 6 heteroatoms. The van der Waals surface area contributed by atoms with Crippen molar-refractivity contribution in [1.82, 2.24) is 5.32 Å². The lowest BCUT2D eigenvalue weighted by Gasteiger charge is -2.09. The van der Waals surface area contributed by atoms with E-state index in [1.54, 1.807) is 36.4 Å². The Morgan fingerprint density at radius 3 is 2.48 bits per heavy atom. The highest BCUT2D eigenvalue weighted by Gasteiger charge is 2.23. The number of rotatable bonds is 4. The van der Waals surface area contributed by atoms with Gasteiger partial charge in [-0.15, -0.1) is 0 Å². The normalized spacial score (nSPS) is 13.5. The third-order valence-corrected chi connectivity index (χ3v) is 4.02. The first-order chi connectivity index (χ1) is 11.0. The van der Waals surface area contributed by atoms with E-state index in [2.05, 4.69) is 10.6 Å². The topological polar surface area (TPSA) is 58.2 Å². The van der Waals surface area contributed by atoms with Gasteiger partial charge in [-0.3, -0.25) is 9.59 Å². The summed E-state index contributed by atoms with van der Waals surface area (Å²) in [7, 11) is 0. The van der Waals surface area contributed by atoms with E-state index in [1.807, 2.05) is 0 Å². The Balaban J connectivity index is 1.74. The average Bonchev–Trinajstić information content (AvgIpc) is 3.31. The predicted octanol–water partition coefficient (Wildman–Crippen LogP) is 4.14. The Labute approximate surface area is 143 Å². The largest absolute Gasteiger partial charge is 0.349 e. The molecule has 1 aliphatic carbocycles. The molecule has 1 aliphatic rings. The molecule has 0 aromatic heterocycles. The molecule has 2 aromatic rings. The van der Waals surface area contributed by atoms with Gasteiger partial charge in [0, 0.05) is 22.3 Å².